The normalized spacial score (nSPS) is 15.9. The first-order chi connectivity index (χ1) is 9.22. The second-order valence-electron chi connectivity index (χ2n) is 4.38. The molecule has 0 saturated carbocycles. The molecule has 0 bridgehead atoms. The zero-order chi connectivity index (χ0) is 13.2. The third kappa shape index (κ3) is 2.76. The maximum Gasteiger partial charge on any atom is 0.228 e. The second-order valence-corrected chi connectivity index (χ2v) is 5.30. The summed E-state index contributed by atoms with van der Waals surface area (Å²) in [6.45, 7) is 2.56. The Balaban J connectivity index is 1.75. The lowest BCUT2D eigenvalue weighted by atomic mass is 10.2. The molecule has 0 N–H and O–H groups in total. The lowest BCUT2D eigenvalue weighted by Gasteiger charge is -2.26. The minimum absolute atomic E-state index is 0.0887. The number of halogens is 1. The van der Waals surface area contributed by atoms with Crippen LogP contribution in [0.15, 0.2) is 22.9 Å². The van der Waals surface area contributed by atoms with E-state index in [1.807, 2.05) is 17.2 Å². The van der Waals surface area contributed by atoms with Crippen molar-refractivity contribution in [2.75, 3.05) is 26.3 Å². The first-order valence-corrected chi connectivity index (χ1v) is 6.87. The highest BCUT2D eigenvalue weighted by Crippen LogP contribution is 2.11. The molecule has 0 radical (unpaired) electrons. The first kappa shape index (κ1) is 12.6. The van der Waals surface area contributed by atoms with Crippen molar-refractivity contribution < 1.29 is 9.53 Å². The Hall–Kier alpha value is -1.47. The van der Waals surface area contributed by atoms with Gasteiger partial charge in [0.25, 0.3) is 0 Å². The van der Waals surface area contributed by atoms with Crippen molar-refractivity contribution in [3.8, 4) is 0 Å². The Bertz CT molecular complexity index is 607. The molecular weight excluding hydrogens is 312 g/mol. The molecular formula is C12H13BrN4O2. The van der Waals surface area contributed by atoms with Gasteiger partial charge in [-0.25, -0.2) is 9.50 Å². The van der Waals surface area contributed by atoms with Gasteiger partial charge in [0.05, 0.1) is 29.8 Å². The van der Waals surface area contributed by atoms with Crippen LogP contribution in [0.1, 0.15) is 5.69 Å². The van der Waals surface area contributed by atoms with Crippen LogP contribution in [-0.4, -0.2) is 51.7 Å². The predicted molar refractivity (Wildman–Crippen MR) is 71.8 cm³/mol. The van der Waals surface area contributed by atoms with E-state index >= 15 is 0 Å². The topological polar surface area (TPSA) is 59.7 Å². The number of hydrogen-bond acceptors (Lipinski definition) is 4. The van der Waals surface area contributed by atoms with Crippen LogP contribution in [0.2, 0.25) is 0 Å². The smallest absolute Gasteiger partial charge is 0.228 e. The van der Waals surface area contributed by atoms with E-state index in [4.69, 9.17) is 4.74 Å². The molecule has 1 fully saturated rings. The molecule has 2 aromatic heterocycles. The van der Waals surface area contributed by atoms with Crippen LogP contribution in [0.3, 0.4) is 0 Å². The highest BCUT2D eigenvalue weighted by Gasteiger charge is 2.18. The van der Waals surface area contributed by atoms with Crippen LogP contribution in [-0.2, 0) is 16.0 Å². The average Bonchev–Trinajstić information content (AvgIpc) is 2.81. The summed E-state index contributed by atoms with van der Waals surface area (Å²) in [5, 5.41) is 4.35. The Labute approximate surface area is 118 Å². The Morgan fingerprint density at radius 2 is 2.21 bits per heavy atom. The van der Waals surface area contributed by atoms with Gasteiger partial charge in [-0.15, -0.1) is 0 Å². The quantitative estimate of drug-likeness (QED) is 0.823. The molecule has 3 heterocycles. The summed E-state index contributed by atoms with van der Waals surface area (Å²) >= 11 is 3.34. The fourth-order valence-electron chi connectivity index (χ4n) is 2.07. The summed E-state index contributed by atoms with van der Waals surface area (Å²) in [4.78, 5) is 18.1. The zero-order valence-electron chi connectivity index (χ0n) is 10.3. The van der Waals surface area contributed by atoms with Crippen molar-refractivity contribution in [2.24, 2.45) is 0 Å². The van der Waals surface area contributed by atoms with Gasteiger partial charge in [0.1, 0.15) is 0 Å². The van der Waals surface area contributed by atoms with Crippen molar-refractivity contribution in [1.82, 2.24) is 19.5 Å². The van der Waals surface area contributed by atoms with Crippen LogP contribution in [0, 0.1) is 0 Å². The maximum absolute atomic E-state index is 12.1. The van der Waals surface area contributed by atoms with Crippen molar-refractivity contribution in [3.05, 3.63) is 28.6 Å². The molecule has 19 heavy (non-hydrogen) atoms. The van der Waals surface area contributed by atoms with Crippen LogP contribution in [0.5, 0.6) is 0 Å². The van der Waals surface area contributed by atoms with Gasteiger partial charge >= 0.3 is 0 Å². The van der Waals surface area contributed by atoms with Crippen molar-refractivity contribution >= 4 is 27.5 Å². The molecule has 2 aromatic rings. The van der Waals surface area contributed by atoms with Gasteiger partial charge in [0.2, 0.25) is 5.91 Å². The molecule has 7 heteroatoms. The van der Waals surface area contributed by atoms with E-state index in [2.05, 4.69) is 26.0 Å². The Morgan fingerprint density at radius 1 is 1.42 bits per heavy atom. The summed E-state index contributed by atoms with van der Waals surface area (Å²) in [7, 11) is 0. The summed E-state index contributed by atoms with van der Waals surface area (Å²) < 4.78 is 7.76. The second kappa shape index (κ2) is 5.26. The number of morpholine rings is 1. The van der Waals surface area contributed by atoms with Gasteiger partial charge < -0.3 is 9.64 Å². The van der Waals surface area contributed by atoms with Crippen LogP contribution in [0.4, 0.5) is 0 Å². The number of fused-ring (bicyclic) bond motifs is 1. The minimum atomic E-state index is 0.0887. The lowest BCUT2D eigenvalue weighted by molar-refractivity contribution is -0.134. The van der Waals surface area contributed by atoms with Gasteiger partial charge in [0.15, 0.2) is 5.65 Å². The number of nitrogens with zero attached hydrogens (tertiary/aromatic N) is 4. The highest BCUT2D eigenvalue weighted by atomic mass is 79.9. The van der Waals surface area contributed by atoms with Gasteiger partial charge in [-0.2, -0.15) is 5.10 Å². The number of ether oxygens (including phenoxy) is 1. The van der Waals surface area contributed by atoms with Crippen molar-refractivity contribution in [1.29, 1.82) is 0 Å². The zero-order valence-corrected chi connectivity index (χ0v) is 11.8. The number of hydrogen-bond donors (Lipinski definition) is 0. The van der Waals surface area contributed by atoms with Crippen molar-refractivity contribution in [2.45, 2.75) is 6.42 Å². The number of rotatable bonds is 2. The molecule has 0 unspecified atom stereocenters. The van der Waals surface area contributed by atoms with E-state index in [-0.39, 0.29) is 5.91 Å². The van der Waals surface area contributed by atoms with Gasteiger partial charge in [-0.3, -0.25) is 4.79 Å². The number of carbonyl (C=O) groups is 1. The lowest BCUT2D eigenvalue weighted by Crippen LogP contribution is -2.41. The van der Waals surface area contributed by atoms with Crippen LogP contribution < -0.4 is 0 Å². The molecule has 1 aliphatic rings. The molecule has 0 atom stereocenters. The Kier molecular flexibility index (Phi) is 3.48. The summed E-state index contributed by atoms with van der Waals surface area (Å²) in [5.74, 6) is 0.0887. The standard InChI is InChI=1S/C12H13BrN4O2/c13-9-7-14-11-5-10(15-17(11)8-9)6-12(18)16-1-3-19-4-2-16/h5,7-8H,1-4,6H2. The molecule has 100 valence electrons. The van der Waals surface area contributed by atoms with E-state index in [9.17, 15) is 4.79 Å². The van der Waals surface area contributed by atoms with Gasteiger partial charge in [-0.1, -0.05) is 0 Å². The van der Waals surface area contributed by atoms with E-state index in [1.54, 1.807) is 10.7 Å². The molecule has 1 aliphatic heterocycles. The SMILES string of the molecule is O=C(Cc1cc2ncc(Br)cn2n1)N1CCOCC1. The summed E-state index contributed by atoms with van der Waals surface area (Å²) in [5.41, 5.74) is 1.48. The largest absolute Gasteiger partial charge is 0.378 e. The van der Waals surface area contributed by atoms with Crippen molar-refractivity contribution in [3.63, 3.8) is 0 Å². The predicted octanol–water partition coefficient (Wildman–Crippen LogP) is 0.893. The molecule has 1 amide bonds. The fraction of sp³-hybridized carbons (Fsp3) is 0.417. The fourth-order valence-corrected chi connectivity index (χ4v) is 2.37. The molecule has 0 aliphatic carbocycles. The number of aromatic nitrogens is 3. The summed E-state index contributed by atoms with van der Waals surface area (Å²) in [6, 6.07) is 1.84. The molecule has 6 nitrogen and oxygen atoms in total. The van der Waals surface area contributed by atoms with Crippen LogP contribution in [0.25, 0.3) is 5.65 Å². The number of carbonyl (C=O) groups excluding carboxylic acids is 1. The summed E-state index contributed by atoms with van der Waals surface area (Å²) in [6.07, 6.45) is 3.84. The third-order valence-electron chi connectivity index (χ3n) is 3.03. The van der Waals surface area contributed by atoms with Crippen LogP contribution >= 0.6 is 15.9 Å². The van der Waals surface area contributed by atoms with E-state index < -0.39 is 0 Å². The Morgan fingerprint density at radius 3 is 3.00 bits per heavy atom. The minimum Gasteiger partial charge on any atom is -0.378 e. The van der Waals surface area contributed by atoms with E-state index in [0.29, 0.717) is 32.7 Å². The third-order valence-corrected chi connectivity index (χ3v) is 3.44. The molecule has 0 aromatic carbocycles. The van der Waals surface area contributed by atoms with E-state index in [1.165, 1.54) is 0 Å². The average molecular weight is 325 g/mol. The monoisotopic (exact) mass is 324 g/mol. The molecule has 0 spiro atoms. The molecule has 1 saturated heterocycles. The highest BCUT2D eigenvalue weighted by molar-refractivity contribution is 9.10. The first-order valence-electron chi connectivity index (χ1n) is 6.08. The maximum atomic E-state index is 12.1. The van der Waals surface area contributed by atoms with Gasteiger partial charge in [0, 0.05) is 31.5 Å². The number of amides is 1. The molecule has 3 rings (SSSR count). The van der Waals surface area contributed by atoms with E-state index in [0.717, 1.165) is 15.8 Å². The van der Waals surface area contributed by atoms with Gasteiger partial charge in [-0.05, 0) is 15.9 Å².